The Morgan fingerprint density at radius 2 is 1.63 bits per heavy atom. The van der Waals surface area contributed by atoms with Crippen molar-refractivity contribution >= 4 is 46.4 Å². The molecule has 2 N–H and O–H groups in total. The summed E-state index contributed by atoms with van der Waals surface area (Å²) < 4.78 is 39.6. The minimum atomic E-state index is -4.57. The Morgan fingerprint density at radius 3 is 2.31 bits per heavy atom. The molecule has 252 valence electrons. The minimum absolute atomic E-state index is 0.0939. The second kappa shape index (κ2) is 12.2. The third kappa shape index (κ3) is 6.28. The first-order valence-corrected chi connectivity index (χ1v) is 16.1. The van der Waals surface area contributed by atoms with Gasteiger partial charge in [0, 0.05) is 73.2 Å². The van der Waals surface area contributed by atoms with Crippen molar-refractivity contribution in [1.82, 2.24) is 14.9 Å². The molecule has 0 unspecified atom stereocenters. The maximum Gasteiger partial charge on any atom is 0.416 e. The van der Waals surface area contributed by atoms with E-state index in [1.165, 1.54) is 12.1 Å². The van der Waals surface area contributed by atoms with Gasteiger partial charge in [-0.3, -0.25) is 14.4 Å². The molecule has 1 saturated heterocycles. The van der Waals surface area contributed by atoms with Crippen LogP contribution < -0.4 is 20.4 Å². The highest BCUT2D eigenvalue weighted by atomic mass is 19.4. The molecule has 10 nitrogen and oxygen atoms in total. The van der Waals surface area contributed by atoms with Gasteiger partial charge in [0.2, 0.25) is 17.8 Å². The number of carbonyl (C=O) groups is 3. The second-order valence-corrected chi connectivity index (χ2v) is 12.7. The van der Waals surface area contributed by atoms with Crippen molar-refractivity contribution in [2.45, 2.75) is 44.8 Å². The lowest BCUT2D eigenvalue weighted by Gasteiger charge is -2.35. The molecule has 49 heavy (non-hydrogen) atoms. The van der Waals surface area contributed by atoms with Gasteiger partial charge in [-0.15, -0.1) is 0 Å². The van der Waals surface area contributed by atoms with Gasteiger partial charge in [0.1, 0.15) is 0 Å². The van der Waals surface area contributed by atoms with E-state index in [4.69, 9.17) is 4.98 Å². The van der Waals surface area contributed by atoms with E-state index in [0.29, 0.717) is 48.9 Å². The molecule has 4 aromatic rings. The molecule has 3 amide bonds. The molecule has 2 fully saturated rings. The number of aromatic nitrogens is 2. The van der Waals surface area contributed by atoms with Crippen molar-refractivity contribution in [1.29, 1.82) is 0 Å². The molecule has 1 spiro atoms. The van der Waals surface area contributed by atoms with Crippen molar-refractivity contribution in [3.63, 3.8) is 0 Å². The van der Waals surface area contributed by atoms with Gasteiger partial charge >= 0.3 is 6.18 Å². The third-order valence-corrected chi connectivity index (χ3v) is 9.47. The van der Waals surface area contributed by atoms with Gasteiger partial charge < -0.3 is 25.3 Å². The Kier molecular flexibility index (Phi) is 8.00. The number of carbonyl (C=O) groups excluding carboxylic acids is 3. The van der Waals surface area contributed by atoms with Crippen LogP contribution in [0.4, 0.5) is 41.9 Å². The normalized spacial score (nSPS) is 16.8. The summed E-state index contributed by atoms with van der Waals surface area (Å²) in [5.74, 6) is -0.296. The van der Waals surface area contributed by atoms with Crippen LogP contribution in [0, 0.1) is 6.92 Å². The van der Waals surface area contributed by atoms with Crippen molar-refractivity contribution in [2.24, 2.45) is 0 Å². The van der Waals surface area contributed by atoms with Crippen LogP contribution in [0.1, 0.15) is 52.5 Å². The van der Waals surface area contributed by atoms with Crippen LogP contribution in [-0.4, -0.2) is 58.8 Å². The molecule has 13 heteroatoms. The summed E-state index contributed by atoms with van der Waals surface area (Å²) >= 11 is 0. The van der Waals surface area contributed by atoms with E-state index >= 15 is 0 Å². The number of fused-ring (bicyclic) bond motifs is 2. The Bertz CT molecular complexity index is 1950. The number of amides is 3. The number of alkyl halides is 3. The van der Waals surface area contributed by atoms with Crippen LogP contribution in [0.25, 0.3) is 0 Å². The van der Waals surface area contributed by atoms with E-state index in [-0.39, 0.29) is 23.9 Å². The van der Waals surface area contributed by atoms with Gasteiger partial charge in [0.15, 0.2) is 0 Å². The van der Waals surface area contributed by atoms with Crippen molar-refractivity contribution in [2.75, 3.05) is 46.6 Å². The second-order valence-electron chi connectivity index (χ2n) is 12.7. The number of aryl methyl sites for hydroxylation is 1. The van der Waals surface area contributed by atoms with Crippen molar-refractivity contribution in [3.05, 3.63) is 101 Å². The molecule has 1 aliphatic carbocycles. The highest BCUT2D eigenvalue weighted by Gasteiger charge is 2.58. The minimum Gasteiger partial charge on any atom is -0.368 e. The predicted molar refractivity (Wildman–Crippen MR) is 179 cm³/mol. The van der Waals surface area contributed by atoms with Gasteiger partial charge in [-0.1, -0.05) is 12.1 Å². The zero-order valence-electron chi connectivity index (χ0n) is 27.0. The Morgan fingerprint density at radius 1 is 0.918 bits per heavy atom. The zero-order chi connectivity index (χ0) is 34.5. The number of hydrogen-bond donors (Lipinski definition) is 2. The summed E-state index contributed by atoms with van der Waals surface area (Å²) in [6, 6.07) is 17.3. The molecule has 2 aliphatic heterocycles. The van der Waals surface area contributed by atoms with E-state index in [1.54, 1.807) is 36.2 Å². The molecular formula is C36H34F3N7O3. The molecule has 3 aromatic carbocycles. The summed E-state index contributed by atoms with van der Waals surface area (Å²) in [6.07, 6.45) is -1.55. The fourth-order valence-corrected chi connectivity index (χ4v) is 6.55. The lowest BCUT2D eigenvalue weighted by Crippen LogP contribution is -2.48. The number of hydrogen-bond acceptors (Lipinski definition) is 7. The van der Waals surface area contributed by atoms with E-state index in [1.807, 2.05) is 36.1 Å². The Hall–Kier alpha value is -5.46. The molecule has 3 aliphatic rings. The lowest BCUT2D eigenvalue weighted by molar-refractivity contribution is -0.137. The molecule has 0 radical (unpaired) electrons. The molecular weight excluding hydrogens is 635 g/mol. The maximum atomic E-state index is 14.1. The predicted octanol–water partition coefficient (Wildman–Crippen LogP) is 6.05. The zero-order valence-corrected chi connectivity index (χ0v) is 27.0. The number of nitrogens with one attached hydrogen (secondary N) is 2. The van der Waals surface area contributed by atoms with Crippen LogP contribution in [-0.2, 0) is 27.7 Å². The fraction of sp³-hybridized carbons (Fsp3) is 0.306. The number of piperazine rings is 1. The maximum absolute atomic E-state index is 14.1. The quantitative estimate of drug-likeness (QED) is 0.257. The first-order chi connectivity index (χ1) is 23.4. The molecule has 1 saturated carbocycles. The number of rotatable bonds is 6. The number of halogens is 3. The first-order valence-electron chi connectivity index (χ1n) is 16.1. The number of anilines is 5. The van der Waals surface area contributed by atoms with Gasteiger partial charge in [-0.2, -0.15) is 13.2 Å². The molecule has 3 heterocycles. The van der Waals surface area contributed by atoms with E-state index < -0.39 is 23.1 Å². The average molecular weight is 670 g/mol. The van der Waals surface area contributed by atoms with Gasteiger partial charge in [0.05, 0.1) is 23.2 Å². The fourth-order valence-electron chi connectivity index (χ4n) is 6.55. The van der Waals surface area contributed by atoms with Crippen molar-refractivity contribution < 1.29 is 27.6 Å². The van der Waals surface area contributed by atoms with E-state index in [2.05, 4.69) is 20.5 Å². The van der Waals surface area contributed by atoms with E-state index in [9.17, 15) is 27.6 Å². The van der Waals surface area contributed by atoms with Gasteiger partial charge in [-0.05, 0) is 79.9 Å². The summed E-state index contributed by atoms with van der Waals surface area (Å²) in [6.45, 7) is 6.61. The third-order valence-electron chi connectivity index (χ3n) is 9.47. The van der Waals surface area contributed by atoms with Crippen LogP contribution in [0.3, 0.4) is 0 Å². The SMILES string of the molecule is CC(=O)N1CCN(c2ccc(Nc3ncc4c(n3)C3(CC3)C(=O)N(c3cc(NC(=O)c5cccc(C(F)(F)F)c5)ccc3C)C4)cc2)CC1. The largest absolute Gasteiger partial charge is 0.416 e. The lowest BCUT2D eigenvalue weighted by atomic mass is 9.91. The topological polar surface area (TPSA) is 111 Å². The molecule has 7 rings (SSSR count). The molecule has 0 bridgehead atoms. The van der Waals surface area contributed by atoms with Crippen LogP contribution in [0.15, 0.2) is 72.9 Å². The summed E-state index contributed by atoms with van der Waals surface area (Å²) in [5.41, 5.74) is 3.33. The smallest absolute Gasteiger partial charge is 0.368 e. The Balaban J connectivity index is 1.07. The molecule has 0 atom stereocenters. The van der Waals surface area contributed by atoms with Gasteiger partial charge in [-0.25, -0.2) is 9.97 Å². The van der Waals surface area contributed by atoms with Crippen LogP contribution in [0.2, 0.25) is 0 Å². The standard InChI is InChI=1S/C36H34F3N7O3/c1-22-6-7-28(41-32(48)24-4-3-5-26(18-24)36(37,38)39)19-30(22)46-21-25-20-40-34(43-31(25)35(12-13-35)33(46)49)42-27-8-10-29(11-9-27)45-16-14-44(15-17-45)23(2)47/h3-11,18-20H,12-17,21H2,1-2H3,(H,41,48)(H,40,42,43). The highest BCUT2D eigenvalue weighted by molar-refractivity contribution is 6.07. The van der Waals surface area contributed by atoms with Crippen molar-refractivity contribution in [3.8, 4) is 0 Å². The van der Waals surface area contributed by atoms with Gasteiger partial charge in [0.25, 0.3) is 5.91 Å². The summed E-state index contributed by atoms with van der Waals surface area (Å²) in [7, 11) is 0. The van der Waals surface area contributed by atoms with Crippen LogP contribution in [0.5, 0.6) is 0 Å². The Labute approximate surface area is 280 Å². The average Bonchev–Trinajstić information content (AvgIpc) is 3.89. The first kappa shape index (κ1) is 32.1. The summed E-state index contributed by atoms with van der Waals surface area (Å²) in [4.78, 5) is 53.8. The summed E-state index contributed by atoms with van der Waals surface area (Å²) in [5, 5.41) is 5.95. The van der Waals surface area contributed by atoms with E-state index in [0.717, 1.165) is 47.7 Å². The monoisotopic (exact) mass is 669 g/mol. The number of nitrogens with zero attached hydrogens (tertiary/aromatic N) is 5. The number of benzene rings is 3. The highest BCUT2D eigenvalue weighted by Crippen LogP contribution is 2.53. The van der Waals surface area contributed by atoms with Crippen LogP contribution >= 0.6 is 0 Å². The molecule has 1 aromatic heterocycles.